The molecule has 3 N–H and O–H groups in total. The van der Waals surface area contributed by atoms with E-state index < -0.39 is 11.9 Å². The Labute approximate surface area is 144 Å². The number of aliphatic hydroxyl groups excluding tert-OH is 1. The first kappa shape index (κ1) is 19.2. The molecule has 138 valence electrons. The molecule has 0 saturated heterocycles. The Morgan fingerprint density at radius 3 is 1.42 bits per heavy atom. The lowest BCUT2D eigenvalue weighted by Gasteiger charge is -2.15. The van der Waals surface area contributed by atoms with Gasteiger partial charge in [-0.15, -0.1) is 0 Å². The molecule has 0 spiro atoms. The number of unbranched alkanes of at least 4 members (excludes halogenated alkanes) is 2. The first-order valence-electron chi connectivity index (χ1n) is 9.47. The first-order chi connectivity index (χ1) is 11.3. The third-order valence-electron chi connectivity index (χ3n) is 5.96. The van der Waals surface area contributed by atoms with E-state index in [0.29, 0.717) is 12.8 Å². The standard InChI is InChI=1S/C19H32O5/c20-15(5-1-3-7-18(9-10-18)13-16(21)22)6-2-4-8-19(11-12-19)14-17(23)24/h15,20H,1-14H2,(H,21,22)(H,23,24). The molecule has 0 aromatic carbocycles. The molecule has 0 aromatic heterocycles. The summed E-state index contributed by atoms with van der Waals surface area (Å²) in [5, 5.41) is 27.8. The van der Waals surface area contributed by atoms with E-state index in [1.54, 1.807) is 0 Å². The van der Waals surface area contributed by atoms with E-state index in [9.17, 15) is 14.7 Å². The number of aliphatic carboxylic acids is 2. The predicted octanol–water partition coefficient (Wildman–Crippen LogP) is 3.98. The van der Waals surface area contributed by atoms with Crippen LogP contribution in [0.5, 0.6) is 0 Å². The van der Waals surface area contributed by atoms with Gasteiger partial charge < -0.3 is 15.3 Å². The van der Waals surface area contributed by atoms with Gasteiger partial charge in [-0.3, -0.25) is 9.59 Å². The molecule has 0 aliphatic heterocycles. The average Bonchev–Trinajstić information content (AvgIpc) is 3.39. The molecule has 2 rings (SSSR count). The van der Waals surface area contributed by atoms with Crippen molar-refractivity contribution in [1.82, 2.24) is 0 Å². The zero-order valence-corrected chi connectivity index (χ0v) is 14.6. The minimum absolute atomic E-state index is 0.0690. The van der Waals surface area contributed by atoms with Crippen molar-refractivity contribution in [3.05, 3.63) is 0 Å². The molecule has 0 amide bonds. The Morgan fingerprint density at radius 2 is 1.12 bits per heavy atom. The van der Waals surface area contributed by atoms with Crippen molar-refractivity contribution in [2.75, 3.05) is 0 Å². The number of carboxylic acids is 2. The highest BCUT2D eigenvalue weighted by Gasteiger charge is 2.44. The molecular weight excluding hydrogens is 308 g/mol. The van der Waals surface area contributed by atoms with Crippen molar-refractivity contribution in [2.45, 2.75) is 96.0 Å². The maximum Gasteiger partial charge on any atom is 0.303 e. The SMILES string of the molecule is O=C(O)CC1(CCCCC(O)CCCCC2(CC(=O)O)CC2)CC1. The van der Waals surface area contributed by atoms with Gasteiger partial charge in [-0.2, -0.15) is 0 Å². The van der Waals surface area contributed by atoms with Crippen LogP contribution < -0.4 is 0 Å². The number of aliphatic hydroxyl groups is 1. The predicted molar refractivity (Wildman–Crippen MR) is 90.8 cm³/mol. The Bertz CT molecular complexity index is 397. The quantitative estimate of drug-likeness (QED) is 0.416. The second kappa shape index (κ2) is 8.32. The number of hydrogen-bond acceptors (Lipinski definition) is 3. The minimum Gasteiger partial charge on any atom is -0.481 e. The topological polar surface area (TPSA) is 94.8 Å². The third-order valence-corrected chi connectivity index (χ3v) is 5.96. The summed E-state index contributed by atoms with van der Waals surface area (Å²) in [4.78, 5) is 21.6. The van der Waals surface area contributed by atoms with Crippen molar-refractivity contribution >= 4 is 11.9 Å². The Kier molecular flexibility index (Phi) is 6.67. The normalized spacial score (nSPS) is 20.1. The molecule has 2 saturated carbocycles. The molecule has 2 aliphatic rings. The van der Waals surface area contributed by atoms with Gasteiger partial charge in [-0.05, 0) is 62.2 Å². The summed E-state index contributed by atoms with van der Waals surface area (Å²) in [5.41, 5.74) is 0.138. The van der Waals surface area contributed by atoms with Gasteiger partial charge in [0.1, 0.15) is 0 Å². The number of carboxylic acid groups (broad SMARTS) is 2. The second-order valence-electron chi connectivity index (χ2n) is 8.29. The third kappa shape index (κ3) is 6.80. The molecule has 5 heteroatoms. The van der Waals surface area contributed by atoms with Gasteiger partial charge in [0.2, 0.25) is 0 Å². The van der Waals surface area contributed by atoms with Gasteiger partial charge in [0.25, 0.3) is 0 Å². The summed E-state index contributed by atoms with van der Waals surface area (Å²) >= 11 is 0. The molecule has 0 atom stereocenters. The fraction of sp³-hybridized carbons (Fsp3) is 0.895. The molecule has 0 bridgehead atoms. The van der Waals surface area contributed by atoms with Crippen LogP contribution in [0, 0.1) is 10.8 Å². The summed E-state index contributed by atoms with van der Waals surface area (Å²) in [6.45, 7) is 0. The zero-order chi connectivity index (χ0) is 17.6. The summed E-state index contributed by atoms with van der Waals surface area (Å²) in [7, 11) is 0. The van der Waals surface area contributed by atoms with Crippen LogP contribution >= 0.6 is 0 Å². The van der Waals surface area contributed by atoms with E-state index in [0.717, 1.165) is 77.0 Å². The van der Waals surface area contributed by atoms with E-state index in [2.05, 4.69) is 0 Å². The summed E-state index contributed by atoms with van der Waals surface area (Å²) in [6, 6.07) is 0. The molecule has 24 heavy (non-hydrogen) atoms. The van der Waals surface area contributed by atoms with Crippen LogP contribution in [0.4, 0.5) is 0 Å². The summed E-state index contributed by atoms with van der Waals surface area (Å²) in [6.07, 6.45) is 12.0. The van der Waals surface area contributed by atoms with Crippen LogP contribution in [0.15, 0.2) is 0 Å². The molecule has 2 aliphatic carbocycles. The first-order valence-corrected chi connectivity index (χ1v) is 9.47. The van der Waals surface area contributed by atoms with Crippen LogP contribution in [0.2, 0.25) is 0 Å². The molecule has 0 unspecified atom stereocenters. The Balaban J connectivity index is 1.46. The highest BCUT2D eigenvalue weighted by Crippen LogP contribution is 2.53. The largest absolute Gasteiger partial charge is 0.481 e. The monoisotopic (exact) mass is 340 g/mol. The number of hydrogen-bond donors (Lipinski definition) is 3. The molecule has 0 heterocycles. The van der Waals surface area contributed by atoms with E-state index in [-0.39, 0.29) is 16.9 Å². The Morgan fingerprint density at radius 1 is 0.750 bits per heavy atom. The highest BCUT2D eigenvalue weighted by molar-refractivity contribution is 5.68. The van der Waals surface area contributed by atoms with E-state index in [1.165, 1.54) is 0 Å². The van der Waals surface area contributed by atoms with Crippen molar-refractivity contribution in [2.24, 2.45) is 10.8 Å². The average molecular weight is 340 g/mol. The van der Waals surface area contributed by atoms with Gasteiger partial charge in [0, 0.05) is 0 Å². The van der Waals surface area contributed by atoms with Crippen LogP contribution in [0.3, 0.4) is 0 Å². The lowest BCUT2D eigenvalue weighted by atomic mass is 9.92. The lowest BCUT2D eigenvalue weighted by molar-refractivity contribution is -0.139. The minimum atomic E-state index is -0.691. The van der Waals surface area contributed by atoms with E-state index >= 15 is 0 Å². The van der Waals surface area contributed by atoms with Crippen LogP contribution in [-0.2, 0) is 9.59 Å². The highest BCUT2D eigenvalue weighted by atomic mass is 16.4. The van der Waals surface area contributed by atoms with Gasteiger partial charge in [0.15, 0.2) is 0 Å². The van der Waals surface area contributed by atoms with Gasteiger partial charge in [0.05, 0.1) is 18.9 Å². The second-order valence-corrected chi connectivity index (χ2v) is 8.29. The van der Waals surface area contributed by atoms with Crippen LogP contribution in [-0.4, -0.2) is 33.4 Å². The van der Waals surface area contributed by atoms with Crippen LogP contribution in [0.1, 0.15) is 89.9 Å². The summed E-state index contributed by atoms with van der Waals surface area (Å²) in [5.74, 6) is -1.38. The summed E-state index contributed by atoms with van der Waals surface area (Å²) < 4.78 is 0. The molecule has 5 nitrogen and oxygen atoms in total. The number of carbonyl (C=O) groups is 2. The van der Waals surface area contributed by atoms with Gasteiger partial charge >= 0.3 is 11.9 Å². The van der Waals surface area contributed by atoms with Crippen molar-refractivity contribution < 1.29 is 24.9 Å². The molecular formula is C19H32O5. The van der Waals surface area contributed by atoms with E-state index in [1.807, 2.05) is 0 Å². The molecule has 0 aromatic rings. The van der Waals surface area contributed by atoms with Gasteiger partial charge in [-0.25, -0.2) is 0 Å². The molecule has 0 radical (unpaired) electrons. The zero-order valence-electron chi connectivity index (χ0n) is 14.6. The fourth-order valence-corrected chi connectivity index (χ4v) is 3.93. The van der Waals surface area contributed by atoms with E-state index in [4.69, 9.17) is 10.2 Å². The smallest absolute Gasteiger partial charge is 0.303 e. The van der Waals surface area contributed by atoms with Crippen molar-refractivity contribution in [3.8, 4) is 0 Å². The van der Waals surface area contributed by atoms with Crippen molar-refractivity contribution in [1.29, 1.82) is 0 Å². The maximum absolute atomic E-state index is 10.8. The van der Waals surface area contributed by atoms with Crippen LogP contribution in [0.25, 0.3) is 0 Å². The fourth-order valence-electron chi connectivity index (χ4n) is 3.93. The lowest BCUT2D eigenvalue weighted by Crippen LogP contribution is -2.11. The molecule has 2 fully saturated rings. The Hall–Kier alpha value is -1.10. The van der Waals surface area contributed by atoms with Gasteiger partial charge in [-0.1, -0.05) is 25.7 Å². The maximum atomic E-state index is 10.8. The number of rotatable bonds is 14. The van der Waals surface area contributed by atoms with Crippen molar-refractivity contribution in [3.63, 3.8) is 0 Å².